The lowest BCUT2D eigenvalue weighted by molar-refractivity contribution is -0.359. The third-order valence-corrected chi connectivity index (χ3v) is 17.1. The number of carbonyl (C=O) groups excluding carboxylic acids is 1. The molecular formula is C69H129NO13. The maximum atomic E-state index is 13.3. The van der Waals surface area contributed by atoms with Gasteiger partial charge in [0.2, 0.25) is 5.91 Å². The van der Waals surface area contributed by atoms with E-state index in [0.717, 1.165) is 44.9 Å². The van der Waals surface area contributed by atoms with Crippen LogP contribution in [0.4, 0.5) is 0 Å². The van der Waals surface area contributed by atoms with Gasteiger partial charge in [-0.1, -0.05) is 288 Å². The molecule has 9 N–H and O–H groups in total. The quantitative estimate of drug-likeness (QED) is 0.0204. The van der Waals surface area contributed by atoms with Crippen LogP contribution in [0.5, 0.6) is 0 Å². The highest BCUT2D eigenvalue weighted by Crippen LogP contribution is 2.30. The van der Waals surface area contributed by atoms with Crippen molar-refractivity contribution in [3.63, 3.8) is 0 Å². The molecule has 0 bridgehead atoms. The molecule has 0 aliphatic carbocycles. The second kappa shape index (κ2) is 54.4. The normalized spacial score (nSPS) is 24.0. The fraction of sp³-hybridized carbons (Fsp3) is 0.899. The molecule has 488 valence electrons. The summed E-state index contributed by atoms with van der Waals surface area (Å²) in [7, 11) is 0. The number of aliphatic hydroxyl groups is 8. The molecule has 2 aliphatic rings. The average Bonchev–Trinajstić information content (AvgIpc) is 3.65. The van der Waals surface area contributed by atoms with Crippen molar-refractivity contribution in [3.05, 3.63) is 36.5 Å². The van der Waals surface area contributed by atoms with Gasteiger partial charge in [0.05, 0.1) is 32.0 Å². The van der Waals surface area contributed by atoms with Crippen molar-refractivity contribution in [2.24, 2.45) is 0 Å². The molecule has 0 aromatic heterocycles. The summed E-state index contributed by atoms with van der Waals surface area (Å²) < 4.78 is 22.8. The second-order valence-corrected chi connectivity index (χ2v) is 24.6. The van der Waals surface area contributed by atoms with Gasteiger partial charge in [0.25, 0.3) is 0 Å². The zero-order valence-corrected chi connectivity index (χ0v) is 53.0. The Bertz CT molecular complexity index is 1530. The van der Waals surface area contributed by atoms with Crippen LogP contribution in [-0.2, 0) is 23.7 Å². The first-order chi connectivity index (χ1) is 40.6. The molecule has 0 radical (unpaired) electrons. The molecule has 2 heterocycles. The second-order valence-electron chi connectivity index (χ2n) is 24.6. The first-order valence-electron chi connectivity index (χ1n) is 34.7. The number of unbranched alkanes of at least 4 members (excludes halogenated alkanes) is 40. The van der Waals surface area contributed by atoms with E-state index < -0.39 is 86.8 Å². The number of carbonyl (C=O) groups is 1. The van der Waals surface area contributed by atoms with E-state index >= 15 is 0 Å². The van der Waals surface area contributed by atoms with E-state index in [1.165, 1.54) is 225 Å². The minimum Gasteiger partial charge on any atom is -0.394 e. The number of ether oxygens (including phenoxy) is 4. The molecule has 0 saturated carbocycles. The fourth-order valence-corrected chi connectivity index (χ4v) is 11.5. The number of hydrogen-bond acceptors (Lipinski definition) is 13. The minimum atomic E-state index is -1.79. The summed E-state index contributed by atoms with van der Waals surface area (Å²) in [6.45, 7) is 2.82. The molecule has 2 saturated heterocycles. The largest absolute Gasteiger partial charge is 0.394 e. The highest BCUT2D eigenvalue weighted by Gasteiger charge is 2.51. The number of allylic oxidation sites excluding steroid dienone is 5. The van der Waals surface area contributed by atoms with Crippen LogP contribution in [0, 0.1) is 0 Å². The van der Waals surface area contributed by atoms with Gasteiger partial charge >= 0.3 is 0 Å². The third kappa shape index (κ3) is 39.0. The van der Waals surface area contributed by atoms with E-state index in [2.05, 4.69) is 43.5 Å². The molecule has 0 aromatic carbocycles. The first kappa shape index (κ1) is 77.3. The molecule has 83 heavy (non-hydrogen) atoms. The summed E-state index contributed by atoms with van der Waals surface area (Å²) in [5.74, 6) is -0.247. The summed E-state index contributed by atoms with van der Waals surface area (Å²) in [6.07, 6.45) is 52.0. The maximum absolute atomic E-state index is 13.3. The Morgan fingerprint density at radius 1 is 0.422 bits per heavy atom. The number of amides is 1. The van der Waals surface area contributed by atoms with Crippen LogP contribution in [0.3, 0.4) is 0 Å². The molecule has 12 unspecified atom stereocenters. The first-order valence-corrected chi connectivity index (χ1v) is 34.7. The van der Waals surface area contributed by atoms with Gasteiger partial charge in [0.1, 0.15) is 48.8 Å². The lowest BCUT2D eigenvalue weighted by Gasteiger charge is -2.46. The standard InChI is InChI=1S/C69H129NO13/c1-3-5-7-9-11-13-15-17-19-21-23-25-27-28-29-30-31-32-34-36-38-40-42-44-46-48-50-52-58(73)57(56-80-68-66(79)64(77)67(60(55-72)82-68)83-69-65(78)63(76)62(75)59(54-71)81-69)70-61(74)53-51-49-47-45-43-41-39-37-35-33-26-24-22-20-18-16-14-12-10-8-6-4-2/h34,36,42,44,50,52,57-60,62-69,71-73,75-79H,3-33,35,37-41,43,45-49,51,53-56H2,1-2H3,(H,70,74)/b36-34+,44-42+,52-50+. The molecule has 14 heteroatoms. The molecule has 2 fully saturated rings. The van der Waals surface area contributed by atoms with Crippen LogP contribution >= 0.6 is 0 Å². The monoisotopic (exact) mass is 1180 g/mol. The number of hydrogen-bond donors (Lipinski definition) is 9. The summed E-state index contributed by atoms with van der Waals surface area (Å²) in [5, 5.41) is 87.4. The number of rotatable bonds is 57. The van der Waals surface area contributed by atoms with Gasteiger partial charge in [-0.05, 0) is 44.9 Å². The van der Waals surface area contributed by atoms with E-state index in [1.807, 2.05) is 6.08 Å². The van der Waals surface area contributed by atoms with Gasteiger partial charge in [-0.2, -0.15) is 0 Å². The molecule has 2 rings (SSSR count). The smallest absolute Gasteiger partial charge is 0.220 e. The van der Waals surface area contributed by atoms with Crippen LogP contribution < -0.4 is 5.32 Å². The molecule has 12 atom stereocenters. The molecule has 1 amide bonds. The predicted molar refractivity (Wildman–Crippen MR) is 337 cm³/mol. The van der Waals surface area contributed by atoms with Crippen LogP contribution in [-0.4, -0.2) is 140 Å². The van der Waals surface area contributed by atoms with Gasteiger partial charge < -0.3 is 65.1 Å². The minimum absolute atomic E-state index is 0.247. The van der Waals surface area contributed by atoms with Gasteiger partial charge in [0, 0.05) is 6.42 Å². The van der Waals surface area contributed by atoms with Gasteiger partial charge in [0.15, 0.2) is 12.6 Å². The van der Waals surface area contributed by atoms with Crippen molar-refractivity contribution in [3.8, 4) is 0 Å². The van der Waals surface area contributed by atoms with Crippen LogP contribution in [0.2, 0.25) is 0 Å². The Hall–Kier alpha value is -1.79. The van der Waals surface area contributed by atoms with Crippen LogP contribution in [0.15, 0.2) is 36.5 Å². The fourth-order valence-electron chi connectivity index (χ4n) is 11.5. The highest BCUT2D eigenvalue weighted by molar-refractivity contribution is 5.76. The number of aliphatic hydroxyl groups excluding tert-OH is 8. The summed E-state index contributed by atoms with van der Waals surface area (Å²) in [6, 6.07) is -0.937. The Kier molecular flexibility index (Phi) is 50.6. The Balaban J connectivity index is 1.72. The van der Waals surface area contributed by atoms with E-state index in [9.17, 15) is 45.6 Å². The van der Waals surface area contributed by atoms with Crippen molar-refractivity contribution < 1.29 is 64.6 Å². The van der Waals surface area contributed by atoms with Gasteiger partial charge in [-0.15, -0.1) is 0 Å². The van der Waals surface area contributed by atoms with Crippen LogP contribution in [0.25, 0.3) is 0 Å². The zero-order chi connectivity index (χ0) is 60.2. The van der Waals surface area contributed by atoms with E-state index in [0.29, 0.717) is 12.8 Å². The molecular weight excluding hydrogens is 1050 g/mol. The van der Waals surface area contributed by atoms with Crippen molar-refractivity contribution in [1.82, 2.24) is 5.32 Å². The van der Waals surface area contributed by atoms with E-state index in [1.54, 1.807) is 6.08 Å². The molecule has 2 aliphatic heterocycles. The van der Waals surface area contributed by atoms with Crippen molar-refractivity contribution in [2.75, 3.05) is 19.8 Å². The van der Waals surface area contributed by atoms with Crippen LogP contribution in [0.1, 0.15) is 303 Å². The molecule has 0 aromatic rings. The molecule has 0 spiro atoms. The van der Waals surface area contributed by atoms with Gasteiger partial charge in [-0.25, -0.2) is 0 Å². The van der Waals surface area contributed by atoms with Crippen molar-refractivity contribution >= 4 is 5.91 Å². The summed E-state index contributed by atoms with van der Waals surface area (Å²) >= 11 is 0. The van der Waals surface area contributed by atoms with Crippen molar-refractivity contribution in [2.45, 2.75) is 376 Å². The van der Waals surface area contributed by atoms with Crippen molar-refractivity contribution in [1.29, 1.82) is 0 Å². The maximum Gasteiger partial charge on any atom is 0.220 e. The average molecular weight is 1180 g/mol. The Morgan fingerprint density at radius 2 is 0.771 bits per heavy atom. The Labute approximate surface area is 506 Å². The van der Waals surface area contributed by atoms with Gasteiger partial charge in [-0.3, -0.25) is 4.79 Å². The zero-order valence-electron chi connectivity index (χ0n) is 53.0. The topological polar surface area (TPSA) is 228 Å². The predicted octanol–water partition coefficient (Wildman–Crippen LogP) is 13.7. The lowest BCUT2D eigenvalue weighted by Crippen LogP contribution is -2.65. The Morgan fingerprint density at radius 3 is 1.18 bits per heavy atom. The molecule has 14 nitrogen and oxygen atoms in total. The lowest BCUT2D eigenvalue weighted by atomic mass is 9.97. The number of nitrogens with one attached hydrogen (secondary N) is 1. The third-order valence-electron chi connectivity index (χ3n) is 17.1. The summed E-state index contributed by atoms with van der Waals surface area (Å²) in [4.78, 5) is 13.3. The summed E-state index contributed by atoms with van der Waals surface area (Å²) in [5.41, 5.74) is 0. The highest BCUT2D eigenvalue weighted by atomic mass is 16.7. The van der Waals surface area contributed by atoms with E-state index in [4.69, 9.17) is 18.9 Å². The van der Waals surface area contributed by atoms with E-state index in [-0.39, 0.29) is 18.9 Å². The SMILES string of the molecule is CCCCCCCCCCCCCCCCCCC/C=C/CC/C=C/CC/C=C/C(O)C(COC1OC(CO)C(OC2OC(CO)C(O)C(O)C2O)C(O)C1O)NC(=O)CCCCCCCCCCCCCCCCCCCCCCCC.